The number of aryl methyl sites for hydroxylation is 2. The average molecular weight is 292 g/mol. The smallest absolute Gasteiger partial charge is 0.247 e. The van der Waals surface area contributed by atoms with Crippen LogP contribution in [0.15, 0.2) is 0 Å². The molecular weight excluding hydrogens is 268 g/mol. The summed E-state index contributed by atoms with van der Waals surface area (Å²) in [6.45, 7) is 10.00. The number of nitrogens with one attached hydrogen (secondary N) is 2. The number of hydrogen-bond acceptors (Lipinski definition) is 3. The summed E-state index contributed by atoms with van der Waals surface area (Å²) in [4.78, 5) is 26.7. The normalized spacial score (nSPS) is 18.9. The van der Waals surface area contributed by atoms with Gasteiger partial charge in [-0.1, -0.05) is 20.8 Å². The fraction of sp³-hybridized carbons (Fsp3) is 0.667. The monoisotopic (exact) mass is 292 g/mol. The molecule has 2 amide bonds. The van der Waals surface area contributed by atoms with Gasteiger partial charge in [-0.05, 0) is 26.7 Å². The molecule has 116 valence electrons. The maximum absolute atomic E-state index is 12.5. The third-order valence-corrected chi connectivity index (χ3v) is 3.83. The first-order chi connectivity index (χ1) is 9.71. The third-order valence-electron chi connectivity index (χ3n) is 3.83. The molecule has 1 aromatic rings. The Morgan fingerprint density at radius 1 is 1.33 bits per heavy atom. The SMILES string of the molecule is Cc1n[nH]c(C)c1NC(=O)C1CCCN1C(=O)C(C)(C)C. The molecule has 1 aliphatic heterocycles. The van der Waals surface area contributed by atoms with Gasteiger partial charge in [0.05, 0.1) is 17.1 Å². The van der Waals surface area contributed by atoms with E-state index in [9.17, 15) is 9.59 Å². The molecule has 6 heteroatoms. The van der Waals surface area contributed by atoms with Gasteiger partial charge in [0, 0.05) is 12.0 Å². The molecule has 21 heavy (non-hydrogen) atoms. The quantitative estimate of drug-likeness (QED) is 0.875. The van der Waals surface area contributed by atoms with Crippen molar-refractivity contribution in [2.24, 2.45) is 5.41 Å². The first-order valence-electron chi connectivity index (χ1n) is 7.35. The highest BCUT2D eigenvalue weighted by Crippen LogP contribution is 2.27. The number of carbonyl (C=O) groups excluding carboxylic acids is 2. The molecule has 2 heterocycles. The largest absolute Gasteiger partial charge is 0.330 e. The molecule has 0 aromatic carbocycles. The molecule has 0 saturated carbocycles. The summed E-state index contributed by atoms with van der Waals surface area (Å²) in [6.07, 6.45) is 1.58. The van der Waals surface area contributed by atoms with Gasteiger partial charge in [0.15, 0.2) is 0 Å². The average Bonchev–Trinajstić information content (AvgIpc) is 2.98. The minimum atomic E-state index is -0.468. The summed E-state index contributed by atoms with van der Waals surface area (Å²) in [6, 6.07) is -0.384. The standard InChI is InChI=1S/C15H24N4O2/c1-9-12(10(2)18-17-9)16-13(20)11-7-6-8-19(11)14(21)15(3,4)5/h11H,6-8H2,1-5H3,(H,16,20)(H,17,18). The Hall–Kier alpha value is -1.85. The highest BCUT2D eigenvalue weighted by Gasteiger charge is 2.38. The van der Waals surface area contributed by atoms with Crippen molar-refractivity contribution < 1.29 is 9.59 Å². The zero-order valence-electron chi connectivity index (χ0n) is 13.4. The van der Waals surface area contributed by atoms with E-state index in [-0.39, 0.29) is 17.9 Å². The van der Waals surface area contributed by atoms with E-state index in [1.54, 1.807) is 4.90 Å². The lowest BCUT2D eigenvalue weighted by Crippen LogP contribution is -2.47. The van der Waals surface area contributed by atoms with Crippen molar-refractivity contribution in [3.8, 4) is 0 Å². The van der Waals surface area contributed by atoms with Gasteiger partial charge in [-0.2, -0.15) is 5.10 Å². The van der Waals surface area contributed by atoms with Gasteiger partial charge in [0.2, 0.25) is 11.8 Å². The van der Waals surface area contributed by atoms with Crippen molar-refractivity contribution in [2.75, 3.05) is 11.9 Å². The molecule has 1 fully saturated rings. The Labute approximate surface area is 125 Å². The van der Waals surface area contributed by atoms with Gasteiger partial charge in [-0.25, -0.2) is 0 Å². The summed E-state index contributed by atoms with van der Waals surface area (Å²) < 4.78 is 0. The number of hydrogen-bond donors (Lipinski definition) is 2. The Kier molecular flexibility index (Phi) is 4.07. The summed E-state index contributed by atoms with van der Waals surface area (Å²) in [7, 11) is 0. The molecule has 1 aliphatic rings. The summed E-state index contributed by atoms with van der Waals surface area (Å²) in [5, 5.41) is 9.82. The molecule has 0 spiro atoms. The van der Waals surface area contributed by atoms with Crippen LogP contribution >= 0.6 is 0 Å². The summed E-state index contributed by atoms with van der Waals surface area (Å²) in [5.74, 6) is -0.0986. The molecule has 0 bridgehead atoms. The van der Waals surface area contributed by atoms with Crippen molar-refractivity contribution >= 4 is 17.5 Å². The van der Waals surface area contributed by atoms with Crippen LogP contribution in [-0.2, 0) is 9.59 Å². The van der Waals surface area contributed by atoms with Crippen molar-refractivity contribution in [1.29, 1.82) is 0 Å². The maximum atomic E-state index is 12.5. The van der Waals surface area contributed by atoms with Crippen molar-refractivity contribution in [3.05, 3.63) is 11.4 Å². The lowest BCUT2D eigenvalue weighted by molar-refractivity contribution is -0.143. The van der Waals surface area contributed by atoms with Crippen LogP contribution in [0.2, 0.25) is 0 Å². The molecule has 0 radical (unpaired) electrons. The van der Waals surface area contributed by atoms with Crippen LogP contribution in [0.3, 0.4) is 0 Å². The Balaban J connectivity index is 2.13. The molecule has 1 unspecified atom stereocenters. The topological polar surface area (TPSA) is 78.1 Å². The zero-order valence-corrected chi connectivity index (χ0v) is 13.4. The number of aromatic amines is 1. The molecule has 2 N–H and O–H groups in total. The highest BCUT2D eigenvalue weighted by atomic mass is 16.2. The van der Waals surface area contributed by atoms with E-state index in [4.69, 9.17) is 0 Å². The van der Waals surface area contributed by atoms with Crippen LogP contribution in [0.4, 0.5) is 5.69 Å². The van der Waals surface area contributed by atoms with E-state index in [1.165, 1.54) is 0 Å². The van der Waals surface area contributed by atoms with E-state index in [0.717, 1.165) is 23.5 Å². The zero-order chi connectivity index (χ0) is 15.8. The van der Waals surface area contributed by atoms with E-state index >= 15 is 0 Å². The number of rotatable bonds is 2. The first-order valence-corrected chi connectivity index (χ1v) is 7.35. The van der Waals surface area contributed by atoms with Crippen LogP contribution in [0.1, 0.15) is 45.0 Å². The molecule has 1 atom stereocenters. The minimum absolute atomic E-state index is 0.0285. The molecule has 1 aromatic heterocycles. The van der Waals surface area contributed by atoms with Gasteiger partial charge in [0.25, 0.3) is 0 Å². The third kappa shape index (κ3) is 3.09. The minimum Gasteiger partial charge on any atom is -0.330 e. The Morgan fingerprint density at radius 2 is 2.00 bits per heavy atom. The number of amides is 2. The molecule has 1 saturated heterocycles. The van der Waals surface area contributed by atoms with Crippen LogP contribution in [0, 0.1) is 19.3 Å². The Bertz CT molecular complexity index is 537. The van der Waals surface area contributed by atoms with Crippen LogP contribution in [0.5, 0.6) is 0 Å². The molecule has 2 rings (SSSR count). The van der Waals surface area contributed by atoms with Gasteiger partial charge < -0.3 is 10.2 Å². The van der Waals surface area contributed by atoms with Crippen LogP contribution in [-0.4, -0.2) is 39.5 Å². The maximum Gasteiger partial charge on any atom is 0.247 e. The van der Waals surface area contributed by atoms with E-state index in [1.807, 2.05) is 34.6 Å². The number of anilines is 1. The summed E-state index contributed by atoms with van der Waals surface area (Å²) >= 11 is 0. The lowest BCUT2D eigenvalue weighted by atomic mass is 9.94. The van der Waals surface area contributed by atoms with Crippen LogP contribution in [0.25, 0.3) is 0 Å². The predicted octanol–water partition coefficient (Wildman–Crippen LogP) is 2.00. The lowest BCUT2D eigenvalue weighted by Gasteiger charge is -2.30. The number of likely N-dealkylation sites (tertiary alicyclic amines) is 1. The Morgan fingerprint density at radius 3 is 2.52 bits per heavy atom. The van der Waals surface area contributed by atoms with Crippen molar-refractivity contribution in [3.63, 3.8) is 0 Å². The molecule has 6 nitrogen and oxygen atoms in total. The number of H-pyrrole nitrogens is 1. The highest BCUT2D eigenvalue weighted by molar-refractivity contribution is 5.98. The molecule has 0 aliphatic carbocycles. The van der Waals surface area contributed by atoms with Crippen molar-refractivity contribution in [1.82, 2.24) is 15.1 Å². The van der Waals surface area contributed by atoms with Gasteiger partial charge in [-0.15, -0.1) is 0 Å². The van der Waals surface area contributed by atoms with E-state index in [0.29, 0.717) is 13.0 Å². The number of aromatic nitrogens is 2. The molecular formula is C15H24N4O2. The summed E-state index contributed by atoms with van der Waals surface area (Å²) in [5.41, 5.74) is 1.83. The van der Waals surface area contributed by atoms with Gasteiger partial charge in [0.1, 0.15) is 6.04 Å². The second-order valence-electron chi connectivity index (χ2n) is 6.70. The van der Waals surface area contributed by atoms with Gasteiger partial charge in [-0.3, -0.25) is 14.7 Å². The second kappa shape index (κ2) is 5.50. The first kappa shape index (κ1) is 15.5. The van der Waals surface area contributed by atoms with E-state index < -0.39 is 5.41 Å². The predicted molar refractivity (Wildman–Crippen MR) is 80.9 cm³/mol. The fourth-order valence-electron chi connectivity index (χ4n) is 2.65. The number of nitrogens with zero attached hydrogens (tertiary/aromatic N) is 2. The second-order valence-corrected chi connectivity index (χ2v) is 6.70. The van der Waals surface area contributed by atoms with E-state index in [2.05, 4.69) is 15.5 Å². The van der Waals surface area contributed by atoms with Gasteiger partial charge >= 0.3 is 0 Å². The van der Waals surface area contributed by atoms with Crippen molar-refractivity contribution in [2.45, 2.75) is 53.5 Å². The fourth-order valence-corrected chi connectivity index (χ4v) is 2.65. The van der Waals surface area contributed by atoms with Crippen LogP contribution < -0.4 is 5.32 Å². The number of carbonyl (C=O) groups is 2.